The number of likely N-dealkylation sites (tertiary alicyclic amines) is 1. The van der Waals surface area contributed by atoms with Crippen molar-refractivity contribution in [1.82, 2.24) is 20.4 Å². The molecule has 0 bridgehead atoms. The maximum atomic E-state index is 4.75. The Bertz CT molecular complexity index is 347. The maximum absolute atomic E-state index is 4.75. The maximum Gasteiger partial charge on any atom is 0.191 e. The lowest BCUT2D eigenvalue weighted by molar-refractivity contribution is 0.160. The zero-order valence-electron chi connectivity index (χ0n) is 17.7. The van der Waals surface area contributed by atoms with Gasteiger partial charge in [0.15, 0.2) is 5.96 Å². The number of unbranched alkanes of at least 4 members (excludes halogenated alkanes) is 1. The summed E-state index contributed by atoms with van der Waals surface area (Å²) in [5.74, 6) is 0.983. The second-order valence-electron chi connectivity index (χ2n) is 7.16. The van der Waals surface area contributed by atoms with Crippen LogP contribution in [0.2, 0.25) is 0 Å². The summed E-state index contributed by atoms with van der Waals surface area (Å²) in [6.45, 7) is 17.8. The van der Waals surface area contributed by atoms with Crippen LogP contribution in [0.5, 0.6) is 0 Å². The van der Waals surface area contributed by atoms with Crippen molar-refractivity contribution in [2.45, 2.75) is 72.3 Å². The van der Waals surface area contributed by atoms with Gasteiger partial charge in [0, 0.05) is 32.2 Å². The molecule has 5 nitrogen and oxygen atoms in total. The van der Waals surface area contributed by atoms with E-state index in [0.29, 0.717) is 0 Å². The molecular weight excluding hydrogens is 437 g/mol. The van der Waals surface area contributed by atoms with Crippen LogP contribution >= 0.6 is 24.0 Å². The van der Waals surface area contributed by atoms with Gasteiger partial charge in [0.1, 0.15) is 0 Å². The van der Waals surface area contributed by atoms with E-state index in [1.54, 1.807) is 0 Å². The van der Waals surface area contributed by atoms with Crippen molar-refractivity contribution >= 4 is 29.9 Å². The zero-order valence-corrected chi connectivity index (χ0v) is 20.1. The Hall–Kier alpha value is -0.0800. The second kappa shape index (κ2) is 17.0. The molecule has 1 aliphatic heterocycles. The Morgan fingerprint density at radius 1 is 1.08 bits per heavy atom. The van der Waals surface area contributed by atoms with E-state index in [2.05, 4.69) is 48.1 Å². The molecule has 0 aromatic heterocycles. The third-order valence-corrected chi connectivity index (χ3v) is 5.25. The van der Waals surface area contributed by atoms with Gasteiger partial charge in [0.2, 0.25) is 0 Å². The lowest BCUT2D eigenvalue weighted by Crippen LogP contribution is -2.39. The molecule has 2 N–H and O–H groups in total. The van der Waals surface area contributed by atoms with Crippen molar-refractivity contribution in [3.05, 3.63) is 0 Å². The van der Waals surface area contributed by atoms with Crippen molar-refractivity contribution in [1.29, 1.82) is 0 Å². The van der Waals surface area contributed by atoms with Crippen LogP contribution in [0.3, 0.4) is 0 Å². The van der Waals surface area contributed by atoms with Gasteiger partial charge >= 0.3 is 0 Å². The van der Waals surface area contributed by atoms with E-state index in [-0.39, 0.29) is 24.0 Å². The monoisotopic (exact) mass is 481 g/mol. The molecule has 0 spiro atoms. The Morgan fingerprint density at radius 2 is 1.85 bits per heavy atom. The summed E-state index contributed by atoms with van der Waals surface area (Å²) in [6, 6.07) is 0.759. The van der Waals surface area contributed by atoms with Gasteiger partial charge in [0.25, 0.3) is 0 Å². The first-order valence-corrected chi connectivity index (χ1v) is 10.7. The smallest absolute Gasteiger partial charge is 0.191 e. The summed E-state index contributed by atoms with van der Waals surface area (Å²) >= 11 is 0. The van der Waals surface area contributed by atoms with Gasteiger partial charge < -0.3 is 20.4 Å². The molecule has 156 valence electrons. The average molecular weight is 482 g/mol. The van der Waals surface area contributed by atoms with Gasteiger partial charge in [-0.1, -0.05) is 20.3 Å². The molecule has 0 aliphatic carbocycles. The van der Waals surface area contributed by atoms with Crippen LogP contribution in [0.15, 0.2) is 4.99 Å². The first kappa shape index (κ1) is 25.9. The second-order valence-corrected chi connectivity index (χ2v) is 7.16. The standard InChI is InChI=1S/C20H43N5.HI/c1-5-21-20(22-14-9-11-16-24(6-2)7-3)23-15-12-18-25-17-10-8-13-19(25)4;/h19H,5-18H2,1-4H3,(H2,21,22,23);1H. The molecule has 6 heteroatoms. The fourth-order valence-electron chi connectivity index (χ4n) is 3.50. The van der Waals surface area contributed by atoms with E-state index < -0.39 is 0 Å². The number of guanidine groups is 1. The number of halogens is 1. The van der Waals surface area contributed by atoms with E-state index in [1.165, 1.54) is 51.7 Å². The number of piperidine rings is 1. The molecule has 1 saturated heterocycles. The number of hydrogen-bond acceptors (Lipinski definition) is 3. The first-order chi connectivity index (χ1) is 12.2. The van der Waals surface area contributed by atoms with Gasteiger partial charge in [-0.2, -0.15) is 0 Å². The van der Waals surface area contributed by atoms with Crippen molar-refractivity contribution < 1.29 is 0 Å². The lowest BCUT2D eigenvalue weighted by atomic mass is 10.0. The highest BCUT2D eigenvalue weighted by atomic mass is 127. The predicted molar refractivity (Wildman–Crippen MR) is 126 cm³/mol. The zero-order chi connectivity index (χ0) is 18.3. The summed E-state index contributed by atoms with van der Waals surface area (Å²) < 4.78 is 0. The Kier molecular flexibility index (Phi) is 17.0. The van der Waals surface area contributed by atoms with Gasteiger partial charge in [0.05, 0.1) is 0 Å². The van der Waals surface area contributed by atoms with E-state index in [0.717, 1.165) is 51.1 Å². The topological polar surface area (TPSA) is 42.9 Å². The third-order valence-electron chi connectivity index (χ3n) is 5.25. The SMILES string of the molecule is CCNC(=NCCCN1CCCCC1C)NCCCCN(CC)CC.I. The van der Waals surface area contributed by atoms with Crippen LogP contribution in [-0.2, 0) is 0 Å². The van der Waals surface area contributed by atoms with E-state index >= 15 is 0 Å². The third kappa shape index (κ3) is 11.6. The highest BCUT2D eigenvalue weighted by molar-refractivity contribution is 14.0. The number of hydrogen-bond donors (Lipinski definition) is 2. The molecule has 0 aromatic rings. The number of rotatable bonds is 12. The molecule has 1 fully saturated rings. The molecule has 1 aliphatic rings. The molecule has 0 aromatic carbocycles. The number of aliphatic imine (C=N–C) groups is 1. The molecule has 0 radical (unpaired) electrons. The average Bonchev–Trinajstić information content (AvgIpc) is 2.63. The fourth-order valence-corrected chi connectivity index (χ4v) is 3.50. The van der Waals surface area contributed by atoms with E-state index in [4.69, 9.17) is 4.99 Å². The highest BCUT2D eigenvalue weighted by Crippen LogP contribution is 2.16. The van der Waals surface area contributed by atoms with E-state index in [1.807, 2.05) is 0 Å². The largest absolute Gasteiger partial charge is 0.357 e. The van der Waals surface area contributed by atoms with Gasteiger partial charge in [-0.15, -0.1) is 24.0 Å². The van der Waals surface area contributed by atoms with Crippen LogP contribution in [-0.4, -0.2) is 74.2 Å². The number of nitrogens with one attached hydrogen (secondary N) is 2. The summed E-state index contributed by atoms with van der Waals surface area (Å²) in [6.07, 6.45) is 7.74. The molecule has 1 atom stereocenters. The van der Waals surface area contributed by atoms with Crippen molar-refractivity contribution in [3.63, 3.8) is 0 Å². The molecule has 1 rings (SSSR count). The predicted octanol–water partition coefficient (Wildman–Crippen LogP) is 3.55. The molecule has 1 heterocycles. The minimum Gasteiger partial charge on any atom is -0.357 e. The van der Waals surface area contributed by atoms with Crippen LogP contribution < -0.4 is 10.6 Å². The molecule has 0 saturated carbocycles. The normalized spacial score (nSPS) is 18.7. The van der Waals surface area contributed by atoms with Gasteiger partial charge in [-0.25, -0.2) is 0 Å². The molecular formula is C20H44IN5. The molecule has 1 unspecified atom stereocenters. The van der Waals surface area contributed by atoms with E-state index in [9.17, 15) is 0 Å². The summed E-state index contributed by atoms with van der Waals surface area (Å²) in [4.78, 5) is 9.86. The van der Waals surface area contributed by atoms with Crippen LogP contribution in [0.25, 0.3) is 0 Å². The lowest BCUT2D eigenvalue weighted by Gasteiger charge is -2.33. The van der Waals surface area contributed by atoms with Gasteiger partial charge in [-0.05, 0) is 72.1 Å². The minimum atomic E-state index is 0. The van der Waals surface area contributed by atoms with Crippen LogP contribution in [0, 0.1) is 0 Å². The summed E-state index contributed by atoms with van der Waals surface area (Å²) in [5.41, 5.74) is 0. The number of nitrogens with zero attached hydrogens (tertiary/aromatic N) is 3. The summed E-state index contributed by atoms with van der Waals surface area (Å²) in [5, 5.41) is 6.85. The van der Waals surface area contributed by atoms with Gasteiger partial charge in [-0.3, -0.25) is 4.99 Å². The highest BCUT2D eigenvalue weighted by Gasteiger charge is 2.16. The first-order valence-electron chi connectivity index (χ1n) is 10.7. The Morgan fingerprint density at radius 3 is 2.50 bits per heavy atom. The summed E-state index contributed by atoms with van der Waals surface area (Å²) in [7, 11) is 0. The molecule has 0 amide bonds. The fraction of sp³-hybridized carbons (Fsp3) is 0.950. The molecule has 26 heavy (non-hydrogen) atoms. The van der Waals surface area contributed by atoms with Crippen LogP contribution in [0.1, 0.15) is 66.2 Å². The Balaban J connectivity index is 0.00000625. The van der Waals surface area contributed by atoms with Crippen molar-refractivity contribution in [2.75, 3.05) is 52.4 Å². The van der Waals surface area contributed by atoms with Crippen molar-refractivity contribution in [2.24, 2.45) is 4.99 Å². The quantitative estimate of drug-likeness (QED) is 0.194. The van der Waals surface area contributed by atoms with Crippen molar-refractivity contribution in [3.8, 4) is 0 Å². The van der Waals surface area contributed by atoms with Crippen LogP contribution in [0.4, 0.5) is 0 Å². The Labute approximate surface area is 179 Å². The minimum absolute atomic E-state index is 0.